The summed E-state index contributed by atoms with van der Waals surface area (Å²) in [5, 5.41) is 20.2. The lowest BCUT2D eigenvalue weighted by Gasteiger charge is -2.30. The third-order valence-corrected chi connectivity index (χ3v) is 7.45. The predicted octanol–water partition coefficient (Wildman–Crippen LogP) is 3.91. The lowest BCUT2D eigenvalue weighted by Crippen LogP contribution is -2.41. The van der Waals surface area contributed by atoms with Crippen molar-refractivity contribution < 1.29 is 45.8 Å². The van der Waals surface area contributed by atoms with Crippen LogP contribution in [0.15, 0.2) is 56.2 Å². The van der Waals surface area contributed by atoms with Gasteiger partial charge in [0.05, 0.1) is 12.1 Å². The molecule has 2 N–H and O–H groups in total. The first-order chi connectivity index (χ1) is 22.0. The zero-order valence-corrected chi connectivity index (χ0v) is 24.1. The summed E-state index contributed by atoms with van der Waals surface area (Å²) in [4.78, 5) is 29.2. The number of aromatic nitrogens is 4. The smallest absolute Gasteiger partial charge is 0.488 e. The number of halogens is 4. The van der Waals surface area contributed by atoms with Gasteiger partial charge in [0, 0.05) is 36.8 Å². The number of aliphatic hydroxyl groups excluding tert-OH is 1. The third-order valence-electron chi connectivity index (χ3n) is 7.45. The lowest BCUT2D eigenvalue weighted by atomic mass is 10.1. The number of rotatable bonds is 9. The van der Waals surface area contributed by atoms with Gasteiger partial charge in [-0.25, -0.2) is 19.0 Å². The maximum atomic E-state index is 14.6. The van der Waals surface area contributed by atoms with E-state index in [4.69, 9.17) is 23.4 Å². The molecule has 1 saturated heterocycles. The highest BCUT2D eigenvalue weighted by molar-refractivity contribution is 5.82. The van der Waals surface area contributed by atoms with Gasteiger partial charge in [-0.05, 0) is 37.1 Å². The van der Waals surface area contributed by atoms with Gasteiger partial charge in [-0.3, -0.25) is 9.30 Å². The standard InChI is InChI=1S/C29H26F4N6O7/c1-15-23(46-28(42)45-15)14-44-27(41)34-18-6-7-38(13-18)25(29(31,32)33)17-3-5-24-36-37-26(39(24)12-17)20-4-2-16-10-19(30)22(43-9-8-40)11-21(16)35-20/h2-5,10-12,18,25,40H,6-9,13-14H2,1H3,(H,34,41)/t18?,25-/m1/s1. The number of alkyl halides is 3. The van der Waals surface area contributed by atoms with Crippen LogP contribution in [0.1, 0.15) is 29.5 Å². The van der Waals surface area contributed by atoms with E-state index < -0.39 is 36.0 Å². The zero-order valence-electron chi connectivity index (χ0n) is 24.1. The quantitative estimate of drug-likeness (QED) is 0.224. The molecule has 0 aliphatic carbocycles. The van der Waals surface area contributed by atoms with Crippen molar-refractivity contribution in [1.29, 1.82) is 0 Å². The molecule has 1 aromatic carbocycles. The van der Waals surface area contributed by atoms with Crippen molar-refractivity contribution in [3.8, 4) is 17.3 Å². The summed E-state index contributed by atoms with van der Waals surface area (Å²) in [5.41, 5.74) is 0.804. The van der Waals surface area contributed by atoms with Crippen molar-refractivity contribution in [2.24, 2.45) is 0 Å². The summed E-state index contributed by atoms with van der Waals surface area (Å²) in [6, 6.07) is 5.82. The van der Waals surface area contributed by atoms with Crippen molar-refractivity contribution in [2.45, 2.75) is 38.2 Å². The summed E-state index contributed by atoms with van der Waals surface area (Å²) in [6.07, 6.45) is -4.03. The number of benzene rings is 1. The Morgan fingerprint density at radius 1 is 1.20 bits per heavy atom. The maximum absolute atomic E-state index is 14.6. The van der Waals surface area contributed by atoms with Gasteiger partial charge in [-0.1, -0.05) is 12.1 Å². The van der Waals surface area contributed by atoms with Gasteiger partial charge >= 0.3 is 18.1 Å². The Hall–Kier alpha value is -5.03. The fourth-order valence-electron chi connectivity index (χ4n) is 5.35. The molecule has 1 amide bonds. The molecule has 0 spiro atoms. The second-order valence-electron chi connectivity index (χ2n) is 10.5. The number of aliphatic hydroxyl groups is 1. The van der Waals surface area contributed by atoms with Crippen LogP contribution in [-0.4, -0.2) is 74.2 Å². The minimum absolute atomic E-state index is 0.0266. The summed E-state index contributed by atoms with van der Waals surface area (Å²) >= 11 is 0. The van der Waals surface area contributed by atoms with Crippen LogP contribution in [0.25, 0.3) is 28.1 Å². The van der Waals surface area contributed by atoms with Crippen LogP contribution < -0.4 is 15.9 Å². The Morgan fingerprint density at radius 3 is 2.76 bits per heavy atom. The van der Waals surface area contributed by atoms with Crippen LogP contribution in [0, 0.1) is 12.7 Å². The van der Waals surface area contributed by atoms with Crippen molar-refractivity contribution in [3.63, 3.8) is 0 Å². The Kier molecular flexibility index (Phi) is 8.35. The number of nitrogens with zero attached hydrogens (tertiary/aromatic N) is 5. The first-order valence-electron chi connectivity index (χ1n) is 14.0. The van der Waals surface area contributed by atoms with E-state index in [0.29, 0.717) is 10.9 Å². The van der Waals surface area contributed by atoms with Crippen LogP contribution >= 0.6 is 0 Å². The predicted molar refractivity (Wildman–Crippen MR) is 150 cm³/mol. The molecule has 5 aromatic rings. The number of fused-ring (bicyclic) bond motifs is 2. The molecule has 0 radical (unpaired) electrons. The number of aryl methyl sites for hydroxylation is 1. The zero-order chi connectivity index (χ0) is 32.6. The number of carbonyl (C=O) groups excluding carboxylic acids is 1. The average Bonchev–Trinajstić information content (AvgIpc) is 3.72. The van der Waals surface area contributed by atoms with Gasteiger partial charge in [-0.15, -0.1) is 10.2 Å². The van der Waals surface area contributed by atoms with Crippen LogP contribution in [0.2, 0.25) is 0 Å². The molecular formula is C29H26F4N6O7. The van der Waals surface area contributed by atoms with E-state index in [2.05, 4.69) is 20.5 Å². The number of nitrogens with one attached hydrogen (secondary N) is 1. The molecule has 13 nitrogen and oxygen atoms in total. The van der Waals surface area contributed by atoms with E-state index in [9.17, 15) is 27.2 Å². The van der Waals surface area contributed by atoms with Gasteiger partial charge in [-0.2, -0.15) is 13.2 Å². The number of hydrogen-bond donors (Lipinski definition) is 2. The summed E-state index contributed by atoms with van der Waals surface area (Å²) in [6.45, 7) is 0.559. The molecule has 1 fully saturated rings. The highest BCUT2D eigenvalue weighted by atomic mass is 19.4. The summed E-state index contributed by atoms with van der Waals surface area (Å²) < 4.78 is 79.2. The van der Waals surface area contributed by atoms with E-state index in [1.807, 2.05) is 0 Å². The van der Waals surface area contributed by atoms with Crippen molar-refractivity contribution in [1.82, 2.24) is 29.8 Å². The molecule has 242 valence electrons. The Labute approximate surface area is 256 Å². The molecule has 1 unspecified atom stereocenters. The second kappa shape index (κ2) is 12.4. The second-order valence-corrected chi connectivity index (χ2v) is 10.5. The first kappa shape index (κ1) is 31.0. The third kappa shape index (κ3) is 6.36. The highest BCUT2D eigenvalue weighted by Crippen LogP contribution is 2.40. The molecule has 6 rings (SSSR count). The van der Waals surface area contributed by atoms with Crippen molar-refractivity contribution >= 4 is 22.6 Å². The van der Waals surface area contributed by atoms with Gasteiger partial charge in [0.15, 0.2) is 41.2 Å². The van der Waals surface area contributed by atoms with Crippen molar-refractivity contribution in [2.75, 3.05) is 26.3 Å². The van der Waals surface area contributed by atoms with Gasteiger partial charge in [0.1, 0.15) is 18.3 Å². The number of likely N-dealkylation sites (tertiary alicyclic amines) is 1. The van der Waals surface area contributed by atoms with Crippen LogP contribution in [0.4, 0.5) is 22.4 Å². The van der Waals surface area contributed by atoms with Gasteiger partial charge < -0.3 is 28.7 Å². The number of hydrogen-bond acceptors (Lipinski definition) is 11. The number of pyridine rings is 2. The molecule has 4 aromatic heterocycles. The normalized spacial score (nSPS) is 16.3. The maximum Gasteiger partial charge on any atom is 0.519 e. The Morgan fingerprint density at radius 2 is 2.02 bits per heavy atom. The van der Waals surface area contributed by atoms with E-state index in [1.165, 1.54) is 46.7 Å². The molecule has 17 heteroatoms. The van der Waals surface area contributed by atoms with E-state index in [-0.39, 0.29) is 79.3 Å². The highest BCUT2D eigenvalue weighted by Gasteiger charge is 2.47. The monoisotopic (exact) mass is 646 g/mol. The molecule has 1 aliphatic heterocycles. The number of alkyl carbamates (subject to hydrolysis) is 1. The summed E-state index contributed by atoms with van der Waals surface area (Å²) in [5.74, 6) is -1.35. The van der Waals surface area contributed by atoms with Gasteiger partial charge in [0.2, 0.25) is 0 Å². The Balaban J connectivity index is 1.22. The molecule has 5 heterocycles. The topological polar surface area (TPSA) is 157 Å². The van der Waals surface area contributed by atoms with Crippen LogP contribution in [0.3, 0.4) is 0 Å². The first-order valence-corrected chi connectivity index (χ1v) is 14.0. The molecular weight excluding hydrogens is 620 g/mol. The fraction of sp³-hybridized carbons (Fsp3) is 0.345. The van der Waals surface area contributed by atoms with Crippen LogP contribution in [0.5, 0.6) is 5.75 Å². The molecule has 1 aliphatic rings. The lowest BCUT2D eigenvalue weighted by molar-refractivity contribution is -0.184. The molecule has 46 heavy (non-hydrogen) atoms. The largest absolute Gasteiger partial charge is 0.519 e. The number of amides is 1. The van der Waals surface area contributed by atoms with E-state index in [1.54, 1.807) is 12.1 Å². The average molecular weight is 647 g/mol. The SMILES string of the molecule is Cc1oc(=O)oc1COC(=O)NC1CCN([C@H](c2ccc3nnc(-c4ccc5cc(F)c(OCCO)cc5n4)n3c2)C(F)(F)F)C1. The molecule has 0 bridgehead atoms. The van der Waals surface area contributed by atoms with Crippen LogP contribution in [-0.2, 0) is 11.3 Å². The number of ether oxygens (including phenoxy) is 2. The summed E-state index contributed by atoms with van der Waals surface area (Å²) in [7, 11) is 0. The fourth-order valence-corrected chi connectivity index (χ4v) is 5.35. The van der Waals surface area contributed by atoms with E-state index in [0.717, 1.165) is 0 Å². The molecule has 0 saturated carbocycles. The minimum Gasteiger partial charge on any atom is -0.488 e. The minimum atomic E-state index is -4.68. The number of carbonyl (C=O) groups is 1. The Bertz CT molecular complexity index is 1960. The molecule has 2 atom stereocenters. The van der Waals surface area contributed by atoms with Crippen molar-refractivity contribution in [3.05, 3.63) is 76.1 Å². The van der Waals surface area contributed by atoms with E-state index >= 15 is 0 Å². The van der Waals surface area contributed by atoms with Gasteiger partial charge in [0.25, 0.3) is 0 Å².